The van der Waals surface area contributed by atoms with Crippen molar-refractivity contribution in [2.24, 2.45) is 5.92 Å². The van der Waals surface area contributed by atoms with Crippen LogP contribution in [0.2, 0.25) is 0 Å². The van der Waals surface area contributed by atoms with Crippen molar-refractivity contribution in [3.8, 4) is 0 Å². The fourth-order valence-corrected chi connectivity index (χ4v) is 3.27. The largest absolute Gasteiger partial charge is 0.250 e. The number of benzene rings is 1. The highest BCUT2D eigenvalue weighted by Gasteiger charge is 2.12. The highest BCUT2D eigenvalue weighted by Crippen LogP contribution is 2.22. The lowest BCUT2D eigenvalue weighted by Gasteiger charge is -2.13. The molecular weight excluding hydrogens is 362 g/mol. The summed E-state index contributed by atoms with van der Waals surface area (Å²) in [6.07, 6.45) is 2.11. The molecule has 0 spiro atoms. The molecule has 0 bridgehead atoms. The Hall–Kier alpha value is -0.190. The molecule has 0 radical (unpaired) electrons. The van der Waals surface area contributed by atoms with Crippen molar-refractivity contribution in [3.63, 3.8) is 0 Å². The normalized spacial score (nSPS) is 12.6. The van der Waals surface area contributed by atoms with Crippen LogP contribution in [0.3, 0.4) is 0 Å². The molecule has 0 saturated carbocycles. The van der Waals surface area contributed by atoms with Crippen LogP contribution in [0.25, 0.3) is 0 Å². The zero-order valence-electron chi connectivity index (χ0n) is 9.27. The van der Waals surface area contributed by atoms with E-state index in [-0.39, 0.29) is 0 Å². The summed E-state index contributed by atoms with van der Waals surface area (Å²) in [6, 6.07) is 8.43. The topological polar surface area (TPSA) is 12.9 Å². The van der Waals surface area contributed by atoms with Crippen LogP contribution >= 0.6 is 43.2 Å². The number of alkyl halides is 1. The van der Waals surface area contributed by atoms with E-state index in [9.17, 15) is 0 Å². The van der Waals surface area contributed by atoms with E-state index in [2.05, 4.69) is 66.5 Å². The lowest BCUT2D eigenvalue weighted by atomic mass is 9.97. The standard InChI is InChI=1S/C13H13Br2NS/c14-7-10(6-12-8-17-9-16-12)5-11-3-1-2-4-13(11)15/h1-4,8-10H,5-7H2. The first kappa shape index (κ1) is 13.2. The van der Waals surface area contributed by atoms with Crippen molar-refractivity contribution < 1.29 is 0 Å². The maximum atomic E-state index is 4.35. The fraction of sp³-hybridized carbons (Fsp3) is 0.308. The molecule has 1 nitrogen and oxygen atoms in total. The lowest BCUT2D eigenvalue weighted by Crippen LogP contribution is -2.10. The third-order valence-electron chi connectivity index (χ3n) is 2.67. The zero-order chi connectivity index (χ0) is 12.1. The quantitative estimate of drug-likeness (QED) is 0.691. The average Bonchev–Trinajstić information content (AvgIpc) is 2.84. The first-order valence-corrected chi connectivity index (χ1v) is 8.31. The first-order valence-electron chi connectivity index (χ1n) is 5.46. The number of hydrogen-bond acceptors (Lipinski definition) is 2. The van der Waals surface area contributed by atoms with Crippen LogP contribution in [0.4, 0.5) is 0 Å². The SMILES string of the molecule is BrCC(Cc1cscn1)Cc1ccccc1Br. The molecule has 1 heterocycles. The van der Waals surface area contributed by atoms with Gasteiger partial charge in [-0.2, -0.15) is 0 Å². The Morgan fingerprint density at radius 2 is 2.06 bits per heavy atom. The maximum Gasteiger partial charge on any atom is 0.0794 e. The number of thiazole rings is 1. The molecule has 90 valence electrons. The second-order valence-electron chi connectivity index (χ2n) is 4.00. The van der Waals surface area contributed by atoms with Gasteiger partial charge in [0.05, 0.1) is 11.2 Å². The van der Waals surface area contributed by atoms with Crippen LogP contribution in [0.1, 0.15) is 11.3 Å². The molecule has 2 aromatic rings. The van der Waals surface area contributed by atoms with Gasteiger partial charge in [-0.15, -0.1) is 11.3 Å². The van der Waals surface area contributed by atoms with Crippen LogP contribution < -0.4 is 0 Å². The van der Waals surface area contributed by atoms with Crippen molar-refractivity contribution in [1.29, 1.82) is 0 Å². The van der Waals surface area contributed by atoms with Gasteiger partial charge in [-0.3, -0.25) is 0 Å². The summed E-state index contributed by atoms with van der Waals surface area (Å²) in [5.41, 5.74) is 4.47. The van der Waals surface area contributed by atoms with Crippen LogP contribution in [0.5, 0.6) is 0 Å². The van der Waals surface area contributed by atoms with Crippen molar-refractivity contribution in [1.82, 2.24) is 4.98 Å². The van der Waals surface area contributed by atoms with Gasteiger partial charge >= 0.3 is 0 Å². The molecule has 1 aromatic heterocycles. The maximum absolute atomic E-state index is 4.35. The Morgan fingerprint density at radius 3 is 2.71 bits per heavy atom. The molecule has 17 heavy (non-hydrogen) atoms. The van der Waals surface area contributed by atoms with Crippen molar-refractivity contribution in [2.75, 3.05) is 5.33 Å². The Morgan fingerprint density at radius 1 is 1.24 bits per heavy atom. The van der Waals surface area contributed by atoms with Gasteiger partial charge in [0, 0.05) is 15.2 Å². The van der Waals surface area contributed by atoms with Crippen molar-refractivity contribution >= 4 is 43.2 Å². The number of halogens is 2. The molecule has 2 rings (SSSR count). The molecule has 0 aliphatic carbocycles. The summed E-state index contributed by atoms with van der Waals surface area (Å²) in [5.74, 6) is 0.593. The van der Waals surface area contributed by atoms with E-state index in [1.54, 1.807) is 11.3 Å². The van der Waals surface area contributed by atoms with Gasteiger partial charge in [0.2, 0.25) is 0 Å². The first-order chi connectivity index (χ1) is 8.29. The average molecular weight is 375 g/mol. The summed E-state index contributed by atoms with van der Waals surface area (Å²) >= 11 is 8.87. The zero-order valence-corrected chi connectivity index (χ0v) is 13.3. The van der Waals surface area contributed by atoms with E-state index in [0.29, 0.717) is 5.92 Å². The summed E-state index contributed by atoms with van der Waals surface area (Å²) < 4.78 is 1.20. The number of hydrogen-bond donors (Lipinski definition) is 0. The summed E-state index contributed by atoms with van der Waals surface area (Å²) in [7, 11) is 0. The van der Waals surface area contributed by atoms with Gasteiger partial charge in [0.25, 0.3) is 0 Å². The molecule has 1 aromatic carbocycles. The van der Waals surface area contributed by atoms with E-state index in [1.165, 1.54) is 15.7 Å². The third-order valence-corrected chi connectivity index (χ3v) is 4.99. The molecule has 1 atom stereocenters. The minimum absolute atomic E-state index is 0.593. The molecular formula is C13H13Br2NS. The Bertz CT molecular complexity index is 456. The number of aromatic nitrogens is 1. The van der Waals surface area contributed by atoms with E-state index in [4.69, 9.17) is 0 Å². The van der Waals surface area contributed by atoms with Crippen LogP contribution in [-0.2, 0) is 12.8 Å². The second kappa shape index (κ2) is 6.66. The highest BCUT2D eigenvalue weighted by molar-refractivity contribution is 9.10. The summed E-state index contributed by atoms with van der Waals surface area (Å²) in [4.78, 5) is 4.35. The molecule has 0 fully saturated rings. The Labute approximate surface area is 123 Å². The molecule has 0 N–H and O–H groups in total. The molecule has 0 amide bonds. The van der Waals surface area contributed by atoms with E-state index < -0.39 is 0 Å². The van der Waals surface area contributed by atoms with Crippen LogP contribution in [0, 0.1) is 5.92 Å². The lowest BCUT2D eigenvalue weighted by molar-refractivity contribution is 0.583. The van der Waals surface area contributed by atoms with Crippen molar-refractivity contribution in [2.45, 2.75) is 12.8 Å². The summed E-state index contributed by atoms with van der Waals surface area (Å²) in [6.45, 7) is 0. The monoisotopic (exact) mass is 373 g/mol. The smallest absolute Gasteiger partial charge is 0.0794 e. The second-order valence-corrected chi connectivity index (χ2v) is 6.22. The summed E-state index contributed by atoms with van der Waals surface area (Å²) in [5, 5.41) is 3.14. The third kappa shape index (κ3) is 3.90. The molecule has 0 saturated heterocycles. The predicted octanol–water partition coefficient (Wildman–Crippen LogP) is 4.70. The molecule has 0 aliphatic rings. The van der Waals surface area contributed by atoms with E-state index in [1.807, 2.05) is 5.51 Å². The van der Waals surface area contributed by atoms with E-state index in [0.717, 1.165) is 18.2 Å². The van der Waals surface area contributed by atoms with Crippen LogP contribution in [-0.4, -0.2) is 10.3 Å². The van der Waals surface area contributed by atoms with Crippen LogP contribution in [0.15, 0.2) is 39.6 Å². The van der Waals surface area contributed by atoms with Gasteiger partial charge in [-0.25, -0.2) is 4.98 Å². The molecule has 0 aliphatic heterocycles. The highest BCUT2D eigenvalue weighted by atomic mass is 79.9. The number of nitrogens with zero attached hydrogens (tertiary/aromatic N) is 1. The van der Waals surface area contributed by atoms with Gasteiger partial charge in [-0.1, -0.05) is 50.1 Å². The van der Waals surface area contributed by atoms with Gasteiger partial charge in [0.1, 0.15) is 0 Å². The Kier molecular flexibility index (Phi) is 5.19. The van der Waals surface area contributed by atoms with Gasteiger partial charge in [-0.05, 0) is 30.4 Å². The molecule has 4 heteroatoms. The van der Waals surface area contributed by atoms with Gasteiger partial charge < -0.3 is 0 Å². The van der Waals surface area contributed by atoms with Gasteiger partial charge in [0.15, 0.2) is 0 Å². The fourth-order valence-electron chi connectivity index (χ4n) is 1.79. The minimum Gasteiger partial charge on any atom is -0.250 e. The Balaban J connectivity index is 2.03. The van der Waals surface area contributed by atoms with Crippen molar-refractivity contribution in [3.05, 3.63) is 50.9 Å². The molecule has 1 unspecified atom stereocenters. The minimum atomic E-state index is 0.593. The van der Waals surface area contributed by atoms with E-state index >= 15 is 0 Å². The predicted molar refractivity (Wildman–Crippen MR) is 80.9 cm³/mol. The number of rotatable bonds is 5.